The Hall–Kier alpha value is -5.25. The Bertz CT molecular complexity index is 2430. The average Bonchev–Trinajstić information content (AvgIpc) is 3.32. The summed E-state index contributed by atoms with van der Waals surface area (Å²) in [5, 5.41) is 6.02. The van der Waals surface area contributed by atoms with Crippen molar-refractivity contribution in [3.8, 4) is 17.2 Å². The number of benzene rings is 4. The number of hydrogen-bond donors (Lipinski definition) is 2. The predicted molar refractivity (Wildman–Crippen MR) is 287 cm³/mol. The van der Waals surface area contributed by atoms with E-state index in [-0.39, 0.29) is 31.7 Å². The number of ether oxygens (including phenoxy) is 3. The monoisotopic (exact) mass is 1040 g/mol. The highest BCUT2D eigenvalue weighted by Gasteiger charge is 2.40. The second-order valence-electron chi connectivity index (χ2n) is 17.8. The Kier molecular flexibility index (Phi) is 25.0. The molecule has 4 aromatic carbocycles. The van der Waals surface area contributed by atoms with Crippen molar-refractivity contribution in [2.75, 3.05) is 52.7 Å². The minimum absolute atomic E-state index is 0.123. The Labute approximate surface area is 436 Å². The molecule has 2 amide bonds. The van der Waals surface area contributed by atoms with E-state index in [2.05, 4.69) is 10.6 Å². The molecule has 2 N–H and O–H groups in total. The zero-order valence-electron chi connectivity index (χ0n) is 45.4. The Balaban J connectivity index is 1.72. The van der Waals surface area contributed by atoms with Crippen molar-refractivity contribution in [1.82, 2.24) is 10.6 Å². The lowest BCUT2D eigenvalue weighted by Gasteiger charge is -2.28. The Morgan fingerprint density at radius 2 is 0.918 bits per heavy atom. The largest absolute Gasteiger partial charge is 0.500 e. The fourth-order valence-electron chi connectivity index (χ4n) is 8.87. The van der Waals surface area contributed by atoms with E-state index in [1.807, 2.05) is 130 Å². The minimum atomic E-state index is -2.95. The molecule has 0 radical (unpaired) electrons. The van der Waals surface area contributed by atoms with Crippen molar-refractivity contribution in [2.24, 2.45) is 0 Å². The van der Waals surface area contributed by atoms with Gasteiger partial charge in [-0.25, -0.2) is 4.79 Å². The molecule has 17 heteroatoms. The molecule has 0 fully saturated rings. The van der Waals surface area contributed by atoms with E-state index in [0.717, 1.165) is 50.1 Å². The van der Waals surface area contributed by atoms with Crippen molar-refractivity contribution in [3.63, 3.8) is 0 Å². The lowest BCUT2D eigenvalue weighted by molar-refractivity contribution is -0.132. The molecule has 0 aliphatic carbocycles. The van der Waals surface area contributed by atoms with Gasteiger partial charge < -0.3 is 51.4 Å². The fraction of sp³-hybridized carbons (Fsp3) is 0.500. The number of hydrogen-bond acceptors (Lipinski definition) is 13. The summed E-state index contributed by atoms with van der Waals surface area (Å²) in [6.45, 7) is 25.5. The summed E-state index contributed by atoms with van der Waals surface area (Å²) in [4.78, 5) is 52.8. The first-order valence-corrected chi connectivity index (χ1v) is 29.7. The highest BCUT2D eigenvalue weighted by Crippen LogP contribution is 2.38. The van der Waals surface area contributed by atoms with Gasteiger partial charge in [0.1, 0.15) is 17.2 Å². The van der Waals surface area contributed by atoms with Crippen molar-refractivity contribution in [2.45, 2.75) is 134 Å². The molecule has 0 saturated heterocycles. The maximum atomic E-state index is 14.0. The van der Waals surface area contributed by atoms with Crippen LogP contribution in [-0.2, 0) is 66.6 Å². The van der Waals surface area contributed by atoms with Gasteiger partial charge in [0, 0.05) is 109 Å². The van der Waals surface area contributed by atoms with Crippen LogP contribution in [0.15, 0.2) is 60.7 Å². The van der Waals surface area contributed by atoms with Crippen molar-refractivity contribution in [1.29, 1.82) is 0 Å². The molecular weight excluding hydrogens is 965 g/mol. The molecule has 0 spiro atoms. The van der Waals surface area contributed by atoms with Crippen LogP contribution in [0.5, 0.6) is 17.2 Å². The summed E-state index contributed by atoms with van der Waals surface area (Å²) < 4.78 is 54.3. The zero-order chi connectivity index (χ0) is 53.6. The standard InChI is InChI=1S/C56H80N2O13Si2/c1-13-63-72(64-14-2,65-15-3)32-20-30-57-53(61)38-45-23-19-22-40(8)49(45)36-47-28-25-42(10)51(54(47)70-44(12)60)37-48-29-26-41(9)50(35-46-27-24-39(7)34-52(46)69-43(11)59)55(48)71-56(62)58-31-21-33-73(66-16-4,67-17-5)68-18-6/h19,22-29,34H,13-18,20-21,30-33,35-38H2,1-12H3,(H,57,61)(H,58,62). The van der Waals surface area contributed by atoms with Crippen molar-refractivity contribution < 1.29 is 59.9 Å². The molecule has 0 aromatic heterocycles. The summed E-state index contributed by atoms with van der Waals surface area (Å²) in [5.74, 6) is 0.0755. The second kappa shape index (κ2) is 30.2. The molecule has 4 rings (SSSR count). The molecule has 15 nitrogen and oxygen atoms in total. The second-order valence-corrected chi connectivity index (χ2v) is 23.2. The topological polar surface area (TPSA) is 175 Å². The summed E-state index contributed by atoms with van der Waals surface area (Å²) in [6.07, 6.45) is 1.50. The third-order valence-corrected chi connectivity index (χ3v) is 18.4. The molecule has 73 heavy (non-hydrogen) atoms. The van der Waals surface area contributed by atoms with E-state index in [1.54, 1.807) is 0 Å². The zero-order valence-corrected chi connectivity index (χ0v) is 47.4. The molecule has 0 unspecified atom stereocenters. The number of esters is 2. The summed E-state index contributed by atoms with van der Waals surface area (Å²) in [7, 11) is -5.80. The SMILES string of the molecule is CCO[Si](CCCNC(=O)Cc1cccc(C)c1Cc1ccc(C)c(Cc2ccc(C)c(Cc3ccc(C)cc3OC(C)=O)c2OC(=O)NCCC[Si](OCC)(OCC)OCC)c1OC(C)=O)(OCC)OCC. The van der Waals surface area contributed by atoms with Crippen LogP contribution < -0.4 is 24.8 Å². The number of carbonyl (C=O) groups is 4. The molecule has 4 aromatic rings. The number of aryl methyl sites for hydroxylation is 4. The van der Waals surface area contributed by atoms with Gasteiger partial charge in [-0.15, -0.1) is 0 Å². The van der Waals surface area contributed by atoms with Crippen LogP contribution in [-0.4, -0.2) is 94.3 Å². The minimum Gasteiger partial charge on any atom is -0.426 e. The van der Waals surface area contributed by atoms with E-state index >= 15 is 0 Å². The van der Waals surface area contributed by atoms with Crippen molar-refractivity contribution in [3.05, 3.63) is 122 Å². The van der Waals surface area contributed by atoms with Crippen LogP contribution in [0, 0.1) is 27.7 Å². The number of nitrogens with one attached hydrogen (secondary N) is 2. The van der Waals surface area contributed by atoms with Gasteiger partial charge in [-0.05, 0) is 138 Å². The molecule has 0 heterocycles. The average molecular weight is 1050 g/mol. The highest BCUT2D eigenvalue weighted by molar-refractivity contribution is 6.61. The number of carbonyl (C=O) groups excluding carboxylic acids is 4. The van der Waals surface area contributed by atoms with Crippen LogP contribution in [0.1, 0.15) is 129 Å². The summed E-state index contributed by atoms with van der Waals surface area (Å²) in [6, 6.07) is 20.5. The number of rotatable bonds is 31. The molecular formula is C56H80N2O13Si2. The van der Waals surface area contributed by atoms with Gasteiger partial charge in [-0.3, -0.25) is 14.4 Å². The predicted octanol–water partition coefficient (Wildman–Crippen LogP) is 10.2. The molecule has 400 valence electrons. The normalized spacial score (nSPS) is 11.6. The van der Waals surface area contributed by atoms with E-state index < -0.39 is 35.6 Å². The molecule has 0 atom stereocenters. The van der Waals surface area contributed by atoms with Crippen LogP contribution in [0.25, 0.3) is 0 Å². The first-order chi connectivity index (χ1) is 35.0. The third-order valence-electron chi connectivity index (χ3n) is 12.1. The first-order valence-electron chi connectivity index (χ1n) is 25.8. The maximum Gasteiger partial charge on any atom is 0.500 e. The number of amides is 2. The van der Waals surface area contributed by atoms with Crippen molar-refractivity contribution >= 4 is 41.5 Å². The molecule has 0 aliphatic heterocycles. The summed E-state index contributed by atoms with van der Waals surface area (Å²) in [5.41, 5.74) is 8.98. The van der Waals surface area contributed by atoms with Gasteiger partial charge in [0.25, 0.3) is 0 Å². The maximum absolute atomic E-state index is 14.0. The van der Waals surface area contributed by atoms with Gasteiger partial charge in [0.15, 0.2) is 0 Å². The van der Waals surface area contributed by atoms with Gasteiger partial charge in [-0.1, -0.05) is 54.6 Å². The third kappa shape index (κ3) is 18.3. The van der Waals surface area contributed by atoms with Gasteiger partial charge >= 0.3 is 35.6 Å². The van der Waals surface area contributed by atoms with Crippen LogP contribution >= 0.6 is 0 Å². The molecule has 0 aliphatic rings. The molecule has 0 bridgehead atoms. The quantitative estimate of drug-likeness (QED) is 0.0211. The van der Waals surface area contributed by atoms with E-state index in [9.17, 15) is 19.2 Å². The van der Waals surface area contributed by atoms with Gasteiger partial charge in [0.05, 0.1) is 6.42 Å². The van der Waals surface area contributed by atoms with E-state index in [4.69, 9.17) is 40.8 Å². The van der Waals surface area contributed by atoms with E-state index in [1.165, 1.54) is 13.8 Å². The lowest BCUT2D eigenvalue weighted by Crippen LogP contribution is -2.46. The first kappa shape index (κ1) is 60.3. The molecule has 0 saturated carbocycles. The lowest BCUT2D eigenvalue weighted by atomic mass is 9.89. The highest BCUT2D eigenvalue weighted by atomic mass is 28.4. The van der Waals surface area contributed by atoms with Gasteiger partial charge in [0.2, 0.25) is 5.91 Å². The Morgan fingerprint density at radius 1 is 0.479 bits per heavy atom. The summed E-state index contributed by atoms with van der Waals surface area (Å²) >= 11 is 0. The van der Waals surface area contributed by atoms with Crippen LogP contribution in [0.3, 0.4) is 0 Å². The fourth-order valence-corrected chi connectivity index (χ4v) is 14.1. The van der Waals surface area contributed by atoms with E-state index in [0.29, 0.717) is 106 Å². The van der Waals surface area contributed by atoms with Crippen LogP contribution in [0.2, 0.25) is 12.1 Å². The smallest absolute Gasteiger partial charge is 0.426 e. The Morgan fingerprint density at radius 3 is 1.41 bits per heavy atom. The van der Waals surface area contributed by atoms with Crippen LogP contribution in [0.4, 0.5) is 4.79 Å². The van der Waals surface area contributed by atoms with Gasteiger partial charge in [-0.2, -0.15) is 0 Å².